The molecule has 1 fully saturated rings. The Morgan fingerprint density at radius 3 is 2.26 bits per heavy atom. The van der Waals surface area contributed by atoms with Crippen molar-refractivity contribution in [3.8, 4) is 11.5 Å². The third kappa shape index (κ3) is 5.99. The van der Waals surface area contributed by atoms with Crippen LogP contribution in [0.2, 0.25) is 5.02 Å². The minimum absolute atomic E-state index is 0.663. The predicted octanol–water partition coefficient (Wildman–Crippen LogP) is 3.74. The fraction of sp³-hybridized carbons (Fsp3) is 0.350. The largest absolute Gasteiger partial charge is 0.497 e. The van der Waals surface area contributed by atoms with Gasteiger partial charge in [0.25, 0.3) is 0 Å². The number of piperazine rings is 1. The second-order valence-electron chi connectivity index (χ2n) is 6.29. The van der Waals surface area contributed by atoms with E-state index < -0.39 is 0 Å². The van der Waals surface area contributed by atoms with Crippen LogP contribution >= 0.6 is 23.8 Å². The number of ether oxygens (including phenoxy) is 2. The van der Waals surface area contributed by atoms with Crippen molar-refractivity contribution < 1.29 is 9.47 Å². The summed E-state index contributed by atoms with van der Waals surface area (Å²) in [6.45, 7) is 5.31. The van der Waals surface area contributed by atoms with E-state index in [1.54, 1.807) is 7.11 Å². The first-order chi connectivity index (χ1) is 13.1. The first-order valence-electron chi connectivity index (χ1n) is 8.95. The summed E-state index contributed by atoms with van der Waals surface area (Å²) >= 11 is 11.4. The number of thiocarbonyl (C=S) groups is 1. The maximum Gasteiger partial charge on any atom is 0.173 e. The zero-order chi connectivity index (χ0) is 19.1. The molecule has 27 heavy (non-hydrogen) atoms. The summed E-state index contributed by atoms with van der Waals surface area (Å²) in [5.41, 5.74) is 0.972. The second kappa shape index (κ2) is 9.78. The Bertz CT molecular complexity index is 732. The van der Waals surface area contributed by atoms with Crippen LogP contribution in [0, 0.1) is 0 Å². The smallest absolute Gasteiger partial charge is 0.173 e. The summed E-state index contributed by atoms with van der Waals surface area (Å²) in [6, 6.07) is 15.2. The zero-order valence-electron chi connectivity index (χ0n) is 15.4. The van der Waals surface area contributed by atoms with Gasteiger partial charge in [-0.1, -0.05) is 11.6 Å². The van der Waals surface area contributed by atoms with Crippen molar-refractivity contribution in [1.82, 2.24) is 9.80 Å². The van der Waals surface area contributed by atoms with Crippen molar-refractivity contribution >= 4 is 34.6 Å². The number of hydrogen-bond acceptors (Lipinski definition) is 4. The fourth-order valence-corrected chi connectivity index (χ4v) is 3.30. The molecule has 0 radical (unpaired) electrons. The van der Waals surface area contributed by atoms with Gasteiger partial charge in [-0.05, 0) is 60.7 Å². The topological polar surface area (TPSA) is 37.0 Å². The average Bonchev–Trinajstić information content (AvgIpc) is 2.70. The SMILES string of the molecule is COc1ccc(NC(=S)N2CCN(CCOc3ccc(Cl)cc3)CC2)cc1. The van der Waals surface area contributed by atoms with E-state index in [-0.39, 0.29) is 0 Å². The molecule has 144 valence electrons. The molecule has 0 saturated carbocycles. The van der Waals surface area contributed by atoms with Crippen LogP contribution in [0.3, 0.4) is 0 Å². The Balaban J connectivity index is 1.37. The number of nitrogens with zero attached hydrogens (tertiary/aromatic N) is 2. The lowest BCUT2D eigenvalue weighted by molar-refractivity contribution is 0.155. The second-order valence-corrected chi connectivity index (χ2v) is 7.11. The highest BCUT2D eigenvalue weighted by Gasteiger charge is 2.18. The van der Waals surface area contributed by atoms with Crippen LogP contribution in [0.25, 0.3) is 0 Å². The molecular formula is C20H24ClN3O2S. The molecule has 0 atom stereocenters. The highest BCUT2D eigenvalue weighted by atomic mass is 35.5. The summed E-state index contributed by atoms with van der Waals surface area (Å²) in [6.07, 6.45) is 0. The van der Waals surface area contributed by atoms with Crippen LogP contribution in [0.4, 0.5) is 5.69 Å². The Labute approximate surface area is 170 Å². The van der Waals surface area contributed by atoms with Crippen molar-refractivity contribution in [2.24, 2.45) is 0 Å². The number of methoxy groups -OCH3 is 1. The molecule has 1 heterocycles. The molecule has 5 nitrogen and oxygen atoms in total. The number of benzene rings is 2. The van der Waals surface area contributed by atoms with Crippen molar-refractivity contribution in [2.75, 3.05) is 51.8 Å². The van der Waals surface area contributed by atoms with Gasteiger partial charge in [-0.2, -0.15) is 0 Å². The third-order valence-corrected chi connectivity index (χ3v) is 5.10. The fourth-order valence-electron chi connectivity index (χ4n) is 2.87. The van der Waals surface area contributed by atoms with Gasteiger partial charge in [0, 0.05) is 43.4 Å². The molecule has 0 aliphatic carbocycles. The molecule has 1 N–H and O–H groups in total. The molecular weight excluding hydrogens is 382 g/mol. The lowest BCUT2D eigenvalue weighted by atomic mass is 10.3. The number of halogens is 1. The average molecular weight is 406 g/mol. The molecule has 2 aromatic carbocycles. The van der Waals surface area contributed by atoms with E-state index in [1.807, 2.05) is 48.5 Å². The summed E-state index contributed by atoms with van der Waals surface area (Å²) < 4.78 is 10.9. The number of anilines is 1. The molecule has 2 aromatic rings. The van der Waals surface area contributed by atoms with Crippen molar-refractivity contribution in [1.29, 1.82) is 0 Å². The summed E-state index contributed by atoms with van der Waals surface area (Å²) in [4.78, 5) is 4.60. The first kappa shape index (κ1) is 19.7. The highest BCUT2D eigenvalue weighted by Crippen LogP contribution is 2.17. The quantitative estimate of drug-likeness (QED) is 0.738. The zero-order valence-corrected chi connectivity index (χ0v) is 16.9. The van der Waals surface area contributed by atoms with E-state index in [0.29, 0.717) is 6.61 Å². The number of nitrogens with one attached hydrogen (secondary N) is 1. The number of hydrogen-bond donors (Lipinski definition) is 1. The molecule has 7 heteroatoms. The van der Waals surface area contributed by atoms with Gasteiger partial charge in [0.15, 0.2) is 5.11 Å². The summed E-state index contributed by atoms with van der Waals surface area (Å²) in [7, 11) is 1.66. The normalized spacial score (nSPS) is 14.7. The Hall–Kier alpha value is -2.02. The van der Waals surface area contributed by atoms with E-state index >= 15 is 0 Å². The van der Waals surface area contributed by atoms with Gasteiger partial charge in [-0.3, -0.25) is 4.90 Å². The Morgan fingerprint density at radius 1 is 1.00 bits per heavy atom. The molecule has 1 aliphatic heterocycles. The Morgan fingerprint density at radius 2 is 1.63 bits per heavy atom. The van der Waals surface area contributed by atoms with Gasteiger partial charge < -0.3 is 19.7 Å². The molecule has 1 saturated heterocycles. The minimum Gasteiger partial charge on any atom is -0.497 e. The van der Waals surface area contributed by atoms with Gasteiger partial charge in [0.1, 0.15) is 18.1 Å². The van der Waals surface area contributed by atoms with E-state index in [0.717, 1.165) is 60.0 Å². The standard InChI is InChI=1S/C20H24ClN3O2S/c1-25-18-8-4-17(5-9-18)22-20(27)24-12-10-23(11-13-24)14-15-26-19-6-2-16(21)3-7-19/h2-9H,10-15H2,1H3,(H,22,27). The molecule has 3 rings (SSSR count). The Kier molecular flexibility index (Phi) is 7.15. The molecule has 0 unspecified atom stereocenters. The maximum atomic E-state index is 5.88. The van der Waals surface area contributed by atoms with Crippen LogP contribution in [0.5, 0.6) is 11.5 Å². The molecule has 0 bridgehead atoms. The van der Waals surface area contributed by atoms with Gasteiger partial charge in [0.05, 0.1) is 7.11 Å². The van der Waals surface area contributed by atoms with Crippen molar-refractivity contribution in [3.63, 3.8) is 0 Å². The van der Waals surface area contributed by atoms with Crippen LogP contribution < -0.4 is 14.8 Å². The number of rotatable bonds is 6. The minimum atomic E-state index is 0.663. The van der Waals surface area contributed by atoms with Gasteiger partial charge in [-0.15, -0.1) is 0 Å². The van der Waals surface area contributed by atoms with Crippen LogP contribution in [0.15, 0.2) is 48.5 Å². The molecule has 1 aliphatic rings. The lowest BCUT2D eigenvalue weighted by Gasteiger charge is -2.36. The molecule has 0 spiro atoms. The van der Waals surface area contributed by atoms with Crippen molar-refractivity contribution in [2.45, 2.75) is 0 Å². The van der Waals surface area contributed by atoms with E-state index in [1.165, 1.54) is 0 Å². The van der Waals surface area contributed by atoms with Crippen LogP contribution in [0.1, 0.15) is 0 Å². The maximum absolute atomic E-state index is 5.88. The third-order valence-electron chi connectivity index (χ3n) is 4.49. The van der Waals surface area contributed by atoms with Gasteiger partial charge in [0.2, 0.25) is 0 Å². The summed E-state index contributed by atoms with van der Waals surface area (Å²) in [5, 5.41) is 4.78. The van der Waals surface area contributed by atoms with Gasteiger partial charge >= 0.3 is 0 Å². The van der Waals surface area contributed by atoms with Crippen molar-refractivity contribution in [3.05, 3.63) is 53.6 Å². The van der Waals surface area contributed by atoms with E-state index in [4.69, 9.17) is 33.3 Å². The van der Waals surface area contributed by atoms with E-state index in [2.05, 4.69) is 15.1 Å². The highest BCUT2D eigenvalue weighted by molar-refractivity contribution is 7.80. The summed E-state index contributed by atoms with van der Waals surface area (Å²) in [5.74, 6) is 1.68. The van der Waals surface area contributed by atoms with E-state index in [9.17, 15) is 0 Å². The lowest BCUT2D eigenvalue weighted by Crippen LogP contribution is -2.50. The van der Waals surface area contributed by atoms with Crippen LogP contribution in [-0.2, 0) is 0 Å². The monoisotopic (exact) mass is 405 g/mol. The first-order valence-corrected chi connectivity index (χ1v) is 9.73. The molecule has 0 aromatic heterocycles. The van der Waals surface area contributed by atoms with Crippen LogP contribution in [-0.4, -0.2) is 61.4 Å². The molecule has 0 amide bonds. The predicted molar refractivity (Wildman–Crippen MR) is 114 cm³/mol. The van der Waals surface area contributed by atoms with Gasteiger partial charge in [-0.25, -0.2) is 0 Å².